The Bertz CT molecular complexity index is 1240. The third-order valence-corrected chi connectivity index (χ3v) is 6.02. The summed E-state index contributed by atoms with van der Waals surface area (Å²) in [5.74, 6) is 1.12. The molecule has 1 N–H and O–H groups in total. The van der Waals surface area contributed by atoms with Crippen molar-refractivity contribution in [1.29, 1.82) is 0 Å². The highest BCUT2D eigenvalue weighted by atomic mass is 19.3. The Morgan fingerprint density at radius 1 is 1.19 bits per heavy atom. The first-order valence-electron chi connectivity index (χ1n) is 10.3. The predicted octanol–water partition coefficient (Wildman–Crippen LogP) is 3.22. The van der Waals surface area contributed by atoms with Crippen molar-refractivity contribution in [2.45, 2.75) is 44.8 Å². The number of rotatable bonds is 6. The number of aromatic nitrogens is 6. The van der Waals surface area contributed by atoms with E-state index in [0.717, 1.165) is 29.5 Å². The Balaban J connectivity index is 1.43. The minimum absolute atomic E-state index is 0.379. The average molecular weight is 426 g/mol. The Kier molecular flexibility index (Phi) is 4.81. The van der Waals surface area contributed by atoms with Gasteiger partial charge in [0.05, 0.1) is 23.8 Å². The number of pyridine rings is 1. The molecule has 8 nitrogen and oxygen atoms in total. The van der Waals surface area contributed by atoms with E-state index in [2.05, 4.69) is 44.4 Å². The molecule has 10 heteroatoms. The summed E-state index contributed by atoms with van der Waals surface area (Å²) in [5, 5.41) is 7.97. The fourth-order valence-corrected chi connectivity index (χ4v) is 4.15. The predicted molar refractivity (Wildman–Crippen MR) is 114 cm³/mol. The van der Waals surface area contributed by atoms with Crippen LogP contribution in [0.25, 0.3) is 27.8 Å². The van der Waals surface area contributed by atoms with Crippen LogP contribution >= 0.6 is 0 Å². The molecule has 1 fully saturated rings. The normalized spacial score (nSPS) is 18.9. The molecule has 162 valence electrons. The summed E-state index contributed by atoms with van der Waals surface area (Å²) < 4.78 is 29.3. The van der Waals surface area contributed by atoms with Gasteiger partial charge in [0, 0.05) is 35.6 Å². The first-order valence-corrected chi connectivity index (χ1v) is 10.3. The van der Waals surface area contributed by atoms with Gasteiger partial charge in [-0.25, -0.2) is 28.2 Å². The highest BCUT2D eigenvalue weighted by Crippen LogP contribution is 2.29. The molecule has 5 rings (SSSR count). The van der Waals surface area contributed by atoms with Crippen LogP contribution < -0.4 is 5.32 Å². The number of fused-ring (bicyclic) bond motifs is 2. The molecule has 0 aliphatic heterocycles. The van der Waals surface area contributed by atoms with Crippen LogP contribution in [-0.2, 0) is 6.54 Å². The Morgan fingerprint density at radius 3 is 2.74 bits per heavy atom. The van der Waals surface area contributed by atoms with Crippen molar-refractivity contribution >= 4 is 22.6 Å². The lowest BCUT2D eigenvalue weighted by molar-refractivity contribution is 0.127. The summed E-state index contributed by atoms with van der Waals surface area (Å²) >= 11 is 0. The number of nitrogens with zero attached hydrogens (tertiary/aromatic N) is 7. The quantitative estimate of drug-likeness (QED) is 0.510. The summed E-state index contributed by atoms with van der Waals surface area (Å²) in [7, 11) is 4.19. The van der Waals surface area contributed by atoms with Crippen LogP contribution in [0.1, 0.15) is 18.7 Å². The average Bonchev–Trinajstić information content (AvgIpc) is 3.24. The fraction of sp³-hybridized carbons (Fsp3) is 0.429. The first-order chi connectivity index (χ1) is 14.9. The summed E-state index contributed by atoms with van der Waals surface area (Å²) in [6.07, 6.45) is 5.04. The zero-order valence-electron chi connectivity index (χ0n) is 17.6. The molecular weight excluding hydrogens is 402 g/mol. The van der Waals surface area contributed by atoms with Crippen molar-refractivity contribution in [2.24, 2.45) is 0 Å². The van der Waals surface area contributed by atoms with Crippen LogP contribution in [0.15, 0.2) is 30.7 Å². The van der Waals surface area contributed by atoms with Gasteiger partial charge in [0.25, 0.3) is 6.43 Å². The van der Waals surface area contributed by atoms with Gasteiger partial charge in [0.1, 0.15) is 5.82 Å². The molecule has 1 saturated carbocycles. The number of hydrogen-bond donors (Lipinski definition) is 1. The molecule has 0 spiro atoms. The molecule has 0 amide bonds. The van der Waals surface area contributed by atoms with Crippen molar-refractivity contribution in [3.05, 3.63) is 36.5 Å². The number of halogens is 2. The van der Waals surface area contributed by atoms with Gasteiger partial charge >= 0.3 is 0 Å². The maximum Gasteiger partial charge on any atom is 0.256 e. The molecule has 4 aromatic heterocycles. The Labute approximate surface area is 177 Å². The SMILES string of the molecule is Cc1nc2ncc(-c3ccn4nc(N[C@H]5C[C@H](N(C)C)C5)ncc34)cc2n1CC(F)F. The number of aryl methyl sites for hydroxylation is 1. The maximum atomic E-state index is 13.0. The Hall–Kier alpha value is -3.14. The topological polar surface area (TPSA) is 76.2 Å². The van der Waals surface area contributed by atoms with E-state index in [0.29, 0.717) is 35.0 Å². The zero-order valence-corrected chi connectivity index (χ0v) is 17.6. The van der Waals surface area contributed by atoms with Crippen molar-refractivity contribution < 1.29 is 8.78 Å². The molecular formula is C21H24F2N8. The van der Waals surface area contributed by atoms with Crippen molar-refractivity contribution in [3.63, 3.8) is 0 Å². The van der Waals surface area contributed by atoms with Crippen molar-refractivity contribution in [2.75, 3.05) is 19.4 Å². The summed E-state index contributed by atoms with van der Waals surface area (Å²) in [5.41, 5.74) is 3.57. The van der Waals surface area contributed by atoms with Gasteiger partial charge in [-0.05, 0) is 46.0 Å². The molecule has 4 heterocycles. The van der Waals surface area contributed by atoms with Gasteiger partial charge in [-0.2, -0.15) is 0 Å². The van der Waals surface area contributed by atoms with Crippen LogP contribution in [0.5, 0.6) is 0 Å². The molecule has 0 aromatic carbocycles. The van der Waals surface area contributed by atoms with Gasteiger partial charge in [-0.3, -0.25) is 0 Å². The van der Waals surface area contributed by atoms with Crippen molar-refractivity contribution in [3.8, 4) is 11.1 Å². The van der Waals surface area contributed by atoms with E-state index in [4.69, 9.17) is 0 Å². The third-order valence-electron chi connectivity index (χ3n) is 6.02. The smallest absolute Gasteiger partial charge is 0.256 e. The lowest BCUT2D eigenvalue weighted by atomic mass is 9.86. The molecule has 0 unspecified atom stereocenters. The molecule has 0 radical (unpaired) electrons. The molecule has 4 aromatic rings. The van der Waals surface area contributed by atoms with Crippen LogP contribution in [0.2, 0.25) is 0 Å². The van der Waals surface area contributed by atoms with E-state index >= 15 is 0 Å². The van der Waals surface area contributed by atoms with Gasteiger partial charge in [-0.15, -0.1) is 5.10 Å². The van der Waals surface area contributed by atoms with Crippen LogP contribution in [0.4, 0.5) is 14.7 Å². The van der Waals surface area contributed by atoms with Gasteiger partial charge in [-0.1, -0.05) is 0 Å². The van der Waals surface area contributed by atoms with E-state index in [1.807, 2.05) is 18.3 Å². The van der Waals surface area contributed by atoms with E-state index in [1.165, 1.54) is 4.57 Å². The van der Waals surface area contributed by atoms with Crippen molar-refractivity contribution in [1.82, 2.24) is 34.0 Å². The first kappa shape index (κ1) is 19.8. The second-order valence-electron chi connectivity index (χ2n) is 8.30. The third kappa shape index (κ3) is 3.60. The molecule has 0 bridgehead atoms. The Morgan fingerprint density at radius 2 is 2.00 bits per heavy atom. The number of nitrogens with one attached hydrogen (secondary N) is 1. The van der Waals surface area contributed by atoms with E-state index in [1.54, 1.807) is 23.8 Å². The molecule has 1 aliphatic carbocycles. The fourth-order valence-electron chi connectivity index (χ4n) is 4.15. The maximum absolute atomic E-state index is 13.0. The van der Waals surface area contributed by atoms with E-state index < -0.39 is 13.0 Å². The molecule has 31 heavy (non-hydrogen) atoms. The zero-order chi connectivity index (χ0) is 21.7. The summed E-state index contributed by atoms with van der Waals surface area (Å²) in [4.78, 5) is 15.4. The standard InChI is InChI=1S/C21H24F2N8/c1-12-26-20-17(30(12)11-19(22)23)6-13(9-24-20)16-4-5-31-18(16)10-25-21(28-31)27-14-7-15(8-14)29(2)3/h4-6,9-10,14-15,19H,7-8,11H2,1-3H3,(H,27,28)/t14-,15-. The summed E-state index contributed by atoms with van der Waals surface area (Å²) in [6, 6.07) is 4.76. The lowest BCUT2D eigenvalue weighted by Crippen LogP contribution is -2.47. The van der Waals surface area contributed by atoms with Gasteiger partial charge < -0.3 is 14.8 Å². The number of imidazole rings is 1. The molecule has 0 atom stereocenters. The molecule has 0 saturated heterocycles. The lowest BCUT2D eigenvalue weighted by Gasteiger charge is -2.39. The van der Waals surface area contributed by atoms with E-state index in [-0.39, 0.29) is 0 Å². The minimum atomic E-state index is -2.46. The van der Waals surface area contributed by atoms with E-state index in [9.17, 15) is 8.78 Å². The highest BCUT2D eigenvalue weighted by molar-refractivity contribution is 5.85. The molecule has 1 aliphatic rings. The van der Waals surface area contributed by atoms with Crippen LogP contribution in [0.3, 0.4) is 0 Å². The number of alkyl halides is 2. The minimum Gasteiger partial charge on any atom is -0.350 e. The second-order valence-corrected chi connectivity index (χ2v) is 8.30. The largest absolute Gasteiger partial charge is 0.350 e. The number of anilines is 1. The summed E-state index contributed by atoms with van der Waals surface area (Å²) in [6.45, 7) is 1.31. The monoisotopic (exact) mass is 426 g/mol. The van der Waals surface area contributed by atoms with Gasteiger partial charge in [0.15, 0.2) is 5.65 Å². The van der Waals surface area contributed by atoms with Crippen LogP contribution in [-0.4, -0.2) is 66.6 Å². The van der Waals surface area contributed by atoms with Crippen LogP contribution in [0, 0.1) is 6.92 Å². The van der Waals surface area contributed by atoms with Gasteiger partial charge in [0.2, 0.25) is 5.95 Å². The second kappa shape index (κ2) is 7.52. The highest BCUT2D eigenvalue weighted by Gasteiger charge is 2.31. The number of hydrogen-bond acceptors (Lipinski definition) is 6.